The van der Waals surface area contributed by atoms with Crippen molar-refractivity contribution in [1.82, 2.24) is 0 Å². The molecule has 1 aromatic rings. The van der Waals surface area contributed by atoms with Crippen LogP contribution in [0.2, 0.25) is 0 Å². The van der Waals surface area contributed by atoms with Crippen LogP contribution in [0.15, 0.2) is 24.3 Å². The molecule has 0 atom stereocenters. The van der Waals surface area contributed by atoms with Crippen molar-refractivity contribution in [2.24, 2.45) is 5.73 Å². The summed E-state index contributed by atoms with van der Waals surface area (Å²) < 4.78 is 42.4. The van der Waals surface area contributed by atoms with Gasteiger partial charge in [-0.05, 0) is 30.5 Å². The fraction of sp³-hybridized carbons (Fsp3) is 0.500. The van der Waals surface area contributed by atoms with Crippen LogP contribution < -0.4 is 5.73 Å². The van der Waals surface area contributed by atoms with Gasteiger partial charge in [-0.2, -0.15) is 13.2 Å². The molecule has 2 N–H and O–H groups in total. The first-order valence-corrected chi connectivity index (χ1v) is 5.48. The lowest BCUT2D eigenvalue weighted by molar-refractivity contribution is -0.137. The van der Waals surface area contributed by atoms with E-state index in [9.17, 15) is 13.2 Å². The lowest BCUT2D eigenvalue weighted by Gasteiger charge is -2.32. The van der Waals surface area contributed by atoms with Crippen molar-refractivity contribution in [2.75, 3.05) is 0 Å². The van der Waals surface area contributed by atoms with E-state index < -0.39 is 11.7 Å². The van der Waals surface area contributed by atoms with Crippen LogP contribution in [0, 0.1) is 0 Å². The molecule has 0 amide bonds. The molecule has 0 unspecified atom stereocenters. The number of benzene rings is 1. The van der Waals surface area contributed by atoms with Gasteiger partial charge in [-0.15, -0.1) is 0 Å². The van der Waals surface area contributed by atoms with E-state index in [-0.39, 0.29) is 12.1 Å². The number of hydrogen-bond donors (Lipinski definition) is 1. The summed E-state index contributed by atoms with van der Waals surface area (Å²) in [6, 6.07) is 5.26. The predicted octanol–water partition coefficient (Wildman–Crippen LogP) is 2.71. The molecule has 0 bridgehead atoms. The van der Waals surface area contributed by atoms with E-state index in [2.05, 4.69) is 0 Å². The second-order valence-electron chi connectivity index (χ2n) is 4.36. The lowest BCUT2D eigenvalue weighted by Crippen LogP contribution is -2.41. The quantitative estimate of drug-likeness (QED) is 0.888. The molecule has 94 valence electrons. The largest absolute Gasteiger partial charge is 0.416 e. The molecule has 0 heterocycles. The van der Waals surface area contributed by atoms with Crippen LogP contribution in [0.1, 0.15) is 24.0 Å². The maximum Gasteiger partial charge on any atom is 0.416 e. The zero-order valence-corrected chi connectivity index (χ0v) is 9.20. The van der Waals surface area contributed by atoms with Crippen LogP contribution in [-0.2, 0) is 17.5 Å². The Kier molecular flexibility index (Phi) is 3.40. The SMILES string of the molecule is NC1CC(OCc2ccc(C(F)(F)F)cc2)C1. The zero-order chi connectivity index (χ0) is 12.5. The van der Waals surface area contributed by atoms with Crippen LogP contribution >= 0.6 is 0 Å². The zero-order valence-electron chi connectivity index (χ0n) is 9.20. The molecule has 0 radical (unpaired) electrons. The van der Waals surface area contributed by atoms with E-state index in [1.165, 1.54) is 12.1 Å². The molecule has 1 fully saturated rings. The Bertz CT molecular complexity index is 368. The minimum Gasteiger partial charge on any atom is -0.373 e. The number of rotatable bonds is 3. The van der Waals surface area contributed by atoms with Crippen LogP contribution in [0.5, 0.6) is 0 Å². The van der Waals surface area contributed by atoms with Crippen LogP contribution in [0.3, 0.4) is 0 Å². The summed E-state index contributed by atoms with van der Waals surface area (Å²) in [6.45, 7) is 0.343. The third-order valence-electron chi connectivity index (χ3n) is 2.90. The molecule has 0 spiro atoms. The first-order chi connectivity index (χ1) is 7.95. The average molecular weight is 245 g/mol. The van der Waals surface area contributed by atoms with Gasteiger partial charge in [0.15, 0.2) is 0 Å². The lowest BCUT2D eigenvalue weighted by atomic mass is 9.90. The summed E-state index contributed by atoms with van der Waals surface area (Å²) >= 11 is 0. The first kappa shape index (κ1) is 12.4. The minimum absolute atomic E-state index is 0.160. The van der Waals surface area contributed by atoms with Crippen molar-refractivity contribution in [1.29, 1.82) is 0 Å². The Labute approximate surface area is 97.6 Å². The topological polar surface area (TPSA) is 35.2 Å². The Morgan fingerprint density at radius 3 is 2.24 bits per heavy atom. The summed E-state index contributed by atoms with van der Waals surface area (Å²) in [7, 11) is 0. The molecular weight excluding hydrogens is 231 g/mol. The third kappa shape index (κ3) is 3.20. The fourth-order valence-electron chi connectivity index (χ4n) is 1.75. The Hall–Kier alpha value is -1.07. The van der Waals surface area contributed by atoms with Crippen molar-refractivity contribution in [3.05, 3.63) is 35.4 Å². The van der Waals surface area contributed by atoms with E-state index in [4.69, 9.17) is 10.5 Å². The molecule has 1 aliphatic carbocycles. The van der Waals surface area contributed by atoms with Gasteiger partial charge in [0.1, 0.15) is 0 Å². The molecule has 1 aliphatic rings. The fourth-order valence-corrected chi connectivity index (χ4v) is 1.75. The first-order valence-electron chi connectivity index (χ1n) is 5.48. The van der Waals surface area contributed by atoms with E-state index in [1.807, 2.05) is 0 Å². The Morgan fingerprint density at radius 2 is 1.76 bits per heavy atom. The summed E-state index contributed by atoms with van der Waals surface area (Å²) in [4.78, 5) is 0. The highest BCUT2D eigenvalue weighted by molar-refractivity contribution is 5.24. The number of alkyl halides is 3. The van der Waals surface area contributed by atoms with Crippen molar-refractivity contribution in [3.63, 3.8) is 0 Å². The molecule has 5 heteroatoms. The standard InChI is InChI=1S/C12H14F3NO/c13-12(14,15)9-3-1-8(2-4-9)7-17-11-5-10(16)6-11/h1-4,10-11H,5-7,16H2. The van der Waals surface area contributed by atoms with Gasteiger partial charge < -0.3 is 10.5 Å². The second-order valence-corrected chi connectivity index (χ2v) is 4.36. The molecule has 0 aromatic heterocycles. The number of hydrogen-bond acceptors (Lipinski definition) is 2. The highest BCUT2D eigenvalue weighted by Gasteiger charge is 2.30. The van der Waals surface area contributed by atoms with Gasteiger partial charge in [-0.3, -0.25) is 0 Å². The summed E-state index contributed by atoms with van der Waals surface area (Å²) in [5.74, 6) is 0. The van der Waals surface area contributed by atoms with E-state index in [0.717, 1.165) is 30.5 Å². The molecule has 1 aromatic carbocycles. The maximum atomic E-state index is 12.3. The van der Waals surface area contributed by atoms with Crippen LogP contribution in [-0.4, -0.2) is 12.1 Å². The van der Waals surface area contributed by atoms with Gasteiger partial charge in [-0.25, -0.2) is 0 Å². The summed E-state index contributed by atoms with van der Waals surface area (Å²) in [5.41, 5.74) is 5.72. The minimum atomic E-state index is -4.28. The summed E-state index contributed by atoms with van der Waals surface area (Å²) in [6.07, 6.45) is -2.45. The normalized spacial score (nSPS) is 24.5. The van der Waals surface area contributed by atoms with Gasteiger partial charge in [-0.1, -0.05) is 12.1 Å². The second kappa shape index (κ2) is 4.66. The van der Waals surface area contributed by atoms with Crippen molar-refractivity contribution >= 4 is 0 Å². The molecule has 1 saturated carbocycles. The molecule has 17 heavy (non-hydrogen) atoms. The molecule has 2 rings (SSSR count). The maximum absolute atomic E-state index is 12.3. The Morgan fingerprint density at radius 1 is 1.18 bits per heavy atom. The Balaban J connectivity index is 1.86. The van der Waals surface area contributed by atoms with E-state index >= 15 is 0 Å². The van der Waals surface area contributed by atoms with Gasteiger partial charge in [0.25, 0.3) is 0 Å². The molecule has 2 nitrogen and oxygen atoms in total. The highest BCUT2D eigenvalue weighted by atomic mass is 19.4. The van der Waals surface area contributed by atoms with E-state index in [1.54, 1.807) is 0 Å². The molecular formula is C12H14F3NO. The van der Waals surface area contributed by atoms with E-state index in [0.29, 0.717) is 6.61 Å². The van der Waals surface area contributed by atoms with Crippen molar-refractivity contribution in [3.8, 4) is 0 Å². The predicted molar refractivity (Wildman–Crippen MR) is 57.2 cm³/mol. The number of ether oxygens (including phenoxy) is 1. The number of nitrogens with two attached hydrogens (primary N) is 1. The van der Waals surface area contributed by atoms with Crippen LogP contribution in [0.25, 0.3) is 0 Å². The van der Waals surface area contributed by atoms with Gasteiger partial charge in [0.2, 0.25) is 0 Å². The third-order valence-corrected chi connectivity index (χ3v) is 2.90. The van der Waals surface area contributed by atoms with Gasteiger partial charge in [0.05, 0.1) is 18.3 Å². The average Bonchev–Trinajstić information content (AvgIpc) is 2.22. The smallest absolute Gasteiger partial charge is 0.373 e. The van der Waals surface area contributed by atoms with Gasteiger partial charge in [0, 0.05) is 6.04 Å². The monoisotopic (exact) mass is 245 g/mol. The van der Waals surface area contributed by atoms with Gasteiger partial charge >= 0.3 is 6.18 Å². The number of halogens is 3. The summed E-state index contributed by atoms with van der Waals surface area (Å²) in [5, 5.41) is 0. The highest BCUT2D eigenvalue weighted by Crippen LogP contribution is 2.29. The van der Waals surface area contributed by atoms with Crippen molar-refractivity contribution < 1.29 is 17.9 Å². The molecule has 0 saturated heterocycles. The van der Waals surface area contributed by atoms with Crippen LogP contribution in [0.4, 0.5) is 13.2 Å². The van der Waals surface area contributed by atoms with Crippen molar-refractivity contribution in [2.45, 2.75) is 37.8 Å². The molecule has 0 aliphatic heterocycles.